The van der Waals surface area contributed by atoms with Gasteiger partial charge in [0.2, 0.25) is 0 Å². The molecule has 0 unspecified atom stereocenters. The fraction of sp³-hybridized carbons (Fsp3) is 0.417. The Balaban J connectivity index is 2.43. The fourth-order valence-corrected chi connectivity index (χ4v) is 1.93. The third-order valence-corrected chi connectivity index (χ3v) is 2.73. The summed E-state index contributed by atoms with van der Waals surface area (Å²) in [6.45, 7) is 4.28. The summed E-state index contributed by atoms with van der Waals surface area (Å²) >= 11 is 0. The van der Waals surface area contributed by atoms with Crippen molar-refractivity contribution in [1.82, 2.24) is 0 Å². The summed E-state index contributed by atoms with van der Waals surface area (Å²) < 4.78 is 5.17. The van der Waals surface area contributed by atoms with Crippen molar-refractivity contribution in [2.24, 2.45) is 5.92 Å². The van der Waals surface area contributed by atoms with Gasteiger partial charge in [-0.15, -0.1) is 0 Å². The van der Waals surface area contributed by atoms with Gasteiger partial charge in [-0.1, -0.05) is 32.0 Å². The number of hydrogen-bond donors (Lipinski definition) is 0. The molecule has 0 aliphatic carbocycles. The molecule has 0 bridgehead atoms. The molecule has 1 atom stereocenters. The maximum atomic E-state index is 11.3. The largest absolute Gasteiger partial charge is 0.426 e. The number of benzene rings is 1. The lowest BCUT2D eigenvalue weighted by molar-refractivity contribution is -0.136. The van der Waals surface area contributed by atoms with Crippen LogP contribution >= 0.6 is 0 Å². The van der Waals surface area contributed by atoms with Crippen molar-refractivity contribution in [3.63, 3.8) is 0 Å². The predicted molar refractivity (Wildman–Crippen MR) is 54.3 cm³/mol. The normalized spacial score (nSPS) is 20.5. The predicted octanol–water partition coefficient (Wildman–Crippen LogP) is 2.74. The number of ether oxygens (including phenoxy) is 1. The summed E-state index contributed by atoms with van der Waals surface area (Å²) in [6, 6.07) is 7.80. The lowest BCUT2D eigenvalue weighted by atomic mass is 9.84. The molecule has 0 saturated heterocycles. The van der Waals surface area contributed by atoms with Crippen molar-refractivity contribution >= 4 is 5.97 Å². The Morgan fingerprint density at radius 3 is 2.79 bits per heavy atom. The van der Waals surface area contributed by atoms with E-state index in [1.807, 2.05) is 24.3 Å². The molecule has 1 aliphatic heterocycles. The zero-order valence-corrected chi connectivity index (χ0v) is 8.49. The number of carbonyl (C=O) groups is 1. The molecule has 2 heteroatoms. The maximum Gasteiger partial charge on any atom is 0.311 e. The van der Waals surface area contributed by atoms with Gasteiger partial charge in [-0.05, 0) is 17.5 Å². The van der Waals surface area contributed by atoms with E-state index in [9.17, 15) is 4.79 Å². The molecule has 0 fully saturated rings. The Hall–Kier alpha value is -1.31. The molecule has 0 aromatic heterocycles. The van der Waals surface area contributed by atoms with E-state index in [4.69, 9.17) is 4.74 Å². The molecule has 1 heterocycles. The summed E-state index contributed by atoms with van der Waals surface area (Å²) in [4.78, 5) is 11.3. The van der Waals surface area contributed by atoms with E-state index in [2.05, 4.69) is 13.8 Å². The minimum atomic E-state index is -0.109. The molecular weight excluding hydrogens is 176 g/mol. The van der Waals surface area contributed by atoms with E-state index in [0.29, 0.717) is 18.3 Å². The smallest absolute Gasteiger partial charge is 0.311 e. The maximum absolute atomic E-state index is 11.3. The van der Waals surface area contributed by atoms with E-state index in [0.717, 1.165) is 5.75 Å². The van der Waals surface area contributed by atoms with Gasteiger partial charge in [-0.25, -0.2) is 0 Å². The standard InChI is InChI=1S/C12H14O2/c1-8(2)10-7-12(13)14-11-6-4-3-5-9(10)11/h3-6,8,10H,7H2,1-2H3/t10-/m0/s1. The second kappa shape index (κ2) is 3.45. The van der Waals surface area contributed by atoms with Crippen molar-refractivity contribution in [3.8, 4) is 5.75 Å². The zero-order chi connectivity index (χ0) is 10.1. The molecule has 0 N–H and O–H groups in total. The summed E-state index contributed by atoms with van der Waals surface area (Å²) in [7, 11) is 0. The molecule has 0 amide bonds. The average molecular weight is 190 g/mol. The molecule has 1 aromatic carbocycles. The van der Waals surface area contributed by atoms with Crippen LogP contribution < -0.4 is 4.74 Å². The summed E-state index contributed by atoms with van der Waals surface area (Å²) in [6.07, 6.45) is 0.509. The van der Waals surface area contributed by atoms with Crippen LogP contribution in [-0.4, -0.2) is 5.97 Å². The second-order valence-corrected chi connectivity index (χ2v) is 4.07. The summed E-state index contributed by atoms with van der Waals surface area (Å²) in [5.74, 6) is 1.42. The third-order valence-electron chi connectivity index (χ3n) is 2.73. The summed E-state index contributed by atoms with van der Waals surface area (Å²) in [5.41, 5.74) is 1.17. The molecule has 74 valence electrons. The van der Waals surface area contributed by atoms with Crippen molar-refractivity contribution in [2.45, 2.75) is 26.2 Å². The van der Waals surface area contributed by atoms with Gasteiger partial charge in [-0.3, -0.25) is 4.79 Å². The molecule has 0 spiro atoms. The van der Waals surface area contributed by atoms with Gasteiger partial charge in [0, 0.05) is 5.92 Å². The van der Waals surface area contributed by atoms with Gasteiger partial charge >= 0.3 is 5.97 Å². The lowest BCUT2D eigenvalue weighted by Gasteiger charge is -2.26. The Kier molecular flexibility index (Phi) is 2.28. The van der Waals surface area contributed by atoms with Crippen LogP contribution in [0.4, 0.5) is 0 Å². The molecule has 1 aromatic rings. The van der Waals surface area contributed by atoms with Crippen LogP contribution in [0.5, 0.6) is 5.75 Å². The van der Waals surface area contributed by atoms with Crippen LogP contribution in [0.25, 0.3) is 0 Å². The number of esters is 1. The second-order valence-electron chi connectivity index (χ2n) is 4.07. The van der Waals surface area contributed by atoms with Crippen molar-refractivity contribution in [2.75, 3.05) is 0 Å². The monoisotopic (exact) mass is 190 g/mol. The highest BCUT2D eigenvalue weighted by Gasteiger charge is 2.28. The molecule has 0 saturated carbocycles. The van der Waals surface area contributed by atoms with Crippen LogP contribution in [0.2, 0.25) is 0 Å². The van der Waals surface area contributed by atoms with Crippen molar-refractivity contribution in [1.29, 1.82) is 0 Å². The lowest BCUT2D eigenvalue weighted by Crippen LogP contribution is -2.23. The van der Waals surface area contributed by atoms with Gasteiger partial charge in [-0.2, -0.15) is 0 Å². The van der Waals surface area contributed by atoms with Gasteiger partial charge in [0.15, 0.2) is 0 Å². The Bertz CT molecular complexity index is 355. The van der Waals surface area contributed by atoms with E-state index < -0.39 is 0 Å². The van der Waals surface area contributed by atoms with Crippen LogP contribution in [0.1, 0.15) is 31.7 Å². The number of hydrogen-bond acceptors (Lipinski definition) is 2. The third kappa shape index (κ3) is 1.52. The van der Waals surface area contributed by atoms with Gasteiger partial charge < -0.3 is 4.74 Å². The van der Waals surface area contributed by atoms with Crippen LogP contribution in [0, 0.1) is 5.92 Å². The average Bonchev–Trinajstić information content (AvgIpc) is 2.16. The fourth-order valence-electron chi connectivity index (χ4n) is 1.93. The minimum absolute atomic E-state index is 0.109. The first-order chi connectivity index (χ1) is 6.68. The van der Waals surface area contributed by atoms with E-state index in [1.54, 1.807) is 0 Å². The molecule has 1 aliphatic rings. The topological polar surface area (TPSA) is 26.3 Å². The highest BCUT2D eigenvalue weighted by Crippen LogP contribution is 2.38. The van der Waals surface area contributed by atoms with E-state index in [-0.39, 0.29) is 5.97 Å². The van der Waals surface area contributed by atoms with Crippen LogP contribution in [-0.2, 0) is 4.79 Å². The number of carbonyl (C=O) groups excluding carboxylic acids is 1. The van der Waals surface area contributed by atoms with E-state index in [1.165, 1.54) is 5.56 Å². The van der Waals surface area contributed by atoms with Crippen molar-refractivity contribution < 1.29 is 9.53 Å². The summed E-state index contributed by atoms with van der Waals surface area (Å²) in [5, 5.41) is 0. The highest BCUT2D eigenvalue weighted by molar-refractivity contribution is 5.76. The van der Waals surface area contributed by atoms with Gasteiger partial charge in [0.25, 0.3) is 0 Å². The minimum Gasteiger partial charge on any atom is -0.426 e. The van der Waals surface area contributed by atoms with Crippen LogP contribution in [0.15, 0.2) is 24.3 Å². The zero-order valence-electron chi connectivity index (χ0n) is 8.49. The Labute approximate surface area is 83.9 Å². The number of fused-ring (bicyclic) bond motifs is 1. The number of para-hydroxylation sites is 1. The SMILES string of the molecule is CC(C)[C@@H]1CC(=O)Oc2ccccc21. The van der Waals surface area contributed by atoms with Gasteiger partial charge in [0.1, 0.15) is 5.75 Å². The first-order valence-electron chi connectivity index (χ1n) is 4.98. The Morgan fingerprint density at radius 2 is 2.07 bits per heavy atom. The quantitative estimate of drug-likeness (QED) is 0.502. The molecular formula is C12H14O2. The van der Waals surface area contributed by atoms with Crippen LogP contribution in [0.3, 0.4) is 0 Å². The van der Waals surface area contributed by atoms with Gasteiger partial charge in [0.05, 0.1) is 6.42 Å². The molecule has 14 heavy (non-hydrogen) atoms. The van der Waals surface area contributed by atoms with E-state index >= 15 is 0 Å². The highest BCUT2D eigenvalue weighted by atomic mass is 16.5. The first kappa shape index (κ1) is 9.25. The van der Waals surface area contributed by atoms with Crippen molar-refractivity contribution in [3.05, 3.63) is 29.8 Å². The molecule has 0 radical (unpaired) electrons. The first-order valence-corrected chi connectivity index (χ1v) is 4.98. The molecule has 2 nitrogen and oxygen atoms in total. The molecule has 2 rings (SSSR count). The number of rotatable bonds is 1. The Morgan fingerprint density at radius 1 is 1.36 bits per heavy atom.